The molecule has 0 spiro atoms. The number of likely N-dealkylation sites (N-methyl/N-ethyl adjacent to an activating group) is 1. The number of aliphatic hydroxyl groups excluding tert-OH is 1. The molecule has 0 bridgehead atoms. The number of Topliss-reactive ketones (excluding diaryl/α,β-unsaturated/α-hetero) is 1. The van der Waals surface area contributed by atoms with Crippen molar-refractivity contribution in [3.63, 3.8) is 0 Å². The number of nitrogens with zero attached hydrogens (tertiary/aromatic N) is 2. The number of hydrogen-bond donors (Lipinski definition) is 1. The van der Waals surface area contributed by atoms with Crippen molar-refractivity contribution in [1.29, 1.82) is 0 Å². The lowest BCUT2D eigenvalue weighted by atomic mass is 9.94. The van der Waals surface area contributed by atoms with Crippen molar-refractivity contribution in [1.82, 2.24) is 9.80 Å². The fourth-order valence-electron chi connectivity index (χ4n) is 4.95. The number of ether oxygens (including phenoxy) is 4. The number of rotatable bonds is 14. The Balaban J connectivity index is 2.17. The fraction of sp³-hybridized carbons (Fsp3) is 0.484. The Morgan fingerprint density at radius 3 is 2.12 bits per heavy atom. The number of unbranched alkanes of at least 4 members (excludes halogenated alkanes) is 1. The van der Waals surface area contributed by atoms with Gasteiger partial charge in [0.15, 0.2) is 11.5 Å². The first-order valence-corrected chi connectivity index (χ1v) is 13.8. The van der Waals surface area contributed by atoms with Crippen LogP contribution in [-0.4, -0.2) is 80.7 Å². The van der Waals surface area contributed by atoms with Gasteiger partial charge in [0.25, 0.3) is 11.7 Å². The monoisotopic (exact) mass is 554 g/mol. The van der Waals surface area contributed by atoms with Crippen molar-refractivity contribution in [3.05, 3.63) is 52.6 Å². The maximum absolute atomic E-state index is 13.5. The SMILES string of the molecule is CCCCOc1ccc(C(O)=C2C(=O)C(=O)N(CCN(CC)CC)[C@H]2c2cc(OC)c(OC)c(OC)c2)cc1C. The zero-order valence-electron chi connectivity index (χ0n) is 24.7. The standard InChI is InChI=1S/C31H42N2O7/c1-8-11-16-40-23-13-12-21(17-20(23)4)28(34)26-27(22-18-24(37-5)30(39-7)25(19-22)38-6)33(31(36)29(26)35)15-14-32(9-2)10-3/h12-13,17-19,27,34H,8-11,14-16H2,1-7H3/t27-/m0/s1. The molecule has 1 amide bonds. The summed E-state index contributed by atoms with van der Waals surface area (Å²) in [6.07, 6.45) is 1.96. The average molecular weight is 555 g/mol. The number of aryl methyl sites for hydroxylation is 1. The van der Waals surface area contributed by atoms with Crippen LogP contribution in [0.25, 0.3) is 5.76 Å². The minimum atomic E-state index is -0.856. The van der Waals surface area contributed by atoms with Gasteiger partial charge in [-0.3, -0.25) is 9.59 Å². The first-order valence-electron chi connectivity index (χ1n) is 13.8. The molecule has 1 fully saturated rings. The lowest BCUT2D eigenvalue weighted by molar-refractivity contribution is -0.140. The second kappa shape index (κ2) is 14.1. The van der Waals surface area contributed by atoms with Crippen LogP contribution in [0.3, 0.4) is 0 Å². The summed E-state index contributed by atoms with van der Waals surface area (Å²) < 4.78 is 22.5. The summed E-state index contributed by atoms with van der Waals surface area (Å²) in [5.74, 6) is 0.228. The summed E-state index contributed by atoms with van der Waals surface area (Å²) in [6, 6.07) is 7.83. The summed E-state index contributed by atoms with van der Waals surface area (Å²) in [4.78, 5) is 30.6. The zero-order valence-corrected chi connectivity index (χ0v) is 24.7. The quantitative estimate of drug-likeness (QED) is 0.151. The second-order valence-electron chi connectivity index (χ2n) is 9.66. The third-order valence-electron chi connectivity index (χ3n) is 7.30. The molecular weight excluding hydrogens is 512 g/mol. The molecule has 218 valence electrons. The van der Waals surface area contributed by atoms with Crippen molar-refractivity contribution >= 4 is 17.4 Å². The summed E-state index contributed by atoms with van der Waals surface area (Å²) >= 11 is 0. The molecule has 9 nitrogen and oxygen atoms in total. The number of ketones is 1. The molecule has 1 atom stereocenters. The summed E-state index contributed by atoms with van der Waals surface area (Å²) in [5, 5.41) is 11.6. The van der Waals surface area contributed by atoms with Crippen LogP contribution in [0.5, 0.6) is 23.0 Å². The van der Waals surface area contributed by atoms with Gasteiger partial charge >= 0.3 is 0 Å². The number of benzene rings is 2. The van der Waals surface area contributed by atoms with Crippen LogP contribution in [0.1, 0.15) is 56.3 Å². The molecule has 1 aliphatic rings. The third-order valence-corrected chi connectivity index (χ3v) is 7.30. The van der Waals surface area contributed by atoms with Gasteiger partial charge in [0, 0.05) is 18.7 Å². The fourth-order valence-corrected chi connectivity index (χ4v) is 4.95. The molecule has 3 rings (SSSR count). The number of methoxy groups -OCH3 is 3. The third kappa shape index (κ3) is 6.36. The number of carbonyl (C=O) groups is 2. The maximum atomic E-state index is 13.5. The topological polar surface area (TPSA) is 97.8 Å². The summed E-state index contributed by atoms with van der Waals surface area (Å²) in [6.45, 7) is 11.2. The smallest absolute Gasteiger partial charge is 0.295 e. The number of carbonyl (C=O) groups excluding carboxylic acids is 2. The number of hydrogen-bond acceptors (Lipinski definition) is 8. The van der Waals surface area contributed by atoms with Crippen molar-refractivity contribution < 1.29 is 33.6 Å². The van der Waals surface area contributed by atoms with Crippen LogP contribution >= 0.6 is 0 Å². The van der Waals surface area contributed by atoms with E-state index in [2.05, 4.69) is 11.8 Å². The Morgan fingerprint density at radius 1 is 0.950 bits per heavy atom. The molecule has 2 aromatic carbocycles. The Bertz CT molecular complexity index is 1210. The van der Waals surface area contributed by atoms with E-state index in [9.17, 15) is 14.7 Å². The van der Waals surface area contributed by atoms with E-state index in [1.807, 2.05) is 20.8 Å². The molecule has 0 aliphatic carbocycles. The lowest BCUT2D eigenvalue weighted by Gasteiger charge is -2.29. The Labute approximate surface area is 237 Å². The Hall–Kier alpha value is -3.72. The molecule has 2 aromatic rings. The van der Waals surface area contributed by atoms with Gasteiger partial charge in [0.2, 0.25) is 5.75 Å². The van der Waals surface area contributed by atoms with Gasteiger partial charge in [-0.05, 0) is 67.9 Å². The van der Waals surface area contributed by atoms with Crippen LogP contribution < -0.4 is 18.9 Å². The maximum Gasteiger partial charge on any atom is 0.295 e. The highest BCUT2D eigenvalue weighted by Crippen LogP contribution is 2.45. The Morgan fingerprint density at radius 2 is 1.60 bits per heavy atom. The van der Waals surface area contributed by atoms with Crippen LogP contribution in [0.15, 0.2) is 35.9 Å². The highest BCUT2D eigenvalue weighted by molar-refractivity contribution is 6.46. The molecule has 9 heteroatoms. The van der Waals surface area contributed by atoms with E-state index in [4.69, 9.17) is 18.9 Å². The Kier molecular flexibility index (Phi) is 10.8. The van der Waals surface area contributed by atoms with Gasteiger partial charge in [0.05, 0.1) is 39.6 Å². The molecule has 1 saturated heterocycles. The highest BCUT2D eigenvalue weighted by Gasteiger charge is 2.46. The first kappa shape index (κ1) is 30.8. The lowest BCUT2D eigenvalue weighted by Crippen LogP contribution is -2.38. The number of aliphatic hydroxyl groups is 1. The minimum absolute atomic E-state index is 0.0119. The minimum Gasteiger partial charge on any atom is -0.507 e. The molecule has 1 heterocycles. The van der Waals surface area contributed by atoms with Crippen molar-refractivity contribution in [2.24, 2.45) is 0 Å². The van der Waals surface area contributed by atoms with Gasteiger partial charge in [-0.1, -0.05) is 27.2 Å². The molecule has 1 aliphatic heterocycles. The van der Waals surface area contributed by atoms with Gasteiger partial charge in [0.1, 0.15) is 11.5 Å². The van der Waals surface area contributed by atoms with Crippen LogP contribution in [-0.2, 0) is 9.59 Å². The van der Waals surface area contributed by atoms with E-state index >= 15 is 0 Å². The molecular formula is C31H42N2O7. The van der Waals surface area contributed by atoms with Crippen LogP contribution in [0.2, 0.25) is 0 Å². The van der Waals surface area contributed by atoms with Gasteiger partial charge in [-0.15, -0.1) is 0 Å². The van der Waals surface area contributed by atoms with Crippen molar-refractivity contribution in [2.45, 2.75) is 46.6 Å². The largest absolute Gasteiger partial charge is 0.507 e. The molecule has 0 unspecified atom stereocenters. The van der Waals surface area contributed by atoms with Crippen LogP contribution in [0, 0.1) is 6.92 Å². The van der Waals surface area contributed by atoms with Gasteiger partial charge < -0.3 is 33.9 Å². The normalized spacial score (nSPS) is 16.5. The molecule has 0 radical (unpaired) electrons. The predicted octanol–water partition coefficient (Wildman–Crippen LogP) is 4.96. The van der Waals surface area contributed by atoms with Gasteiger partial charge in [-0.2, -0.15) is 0 Å². The van der Waals surface area contributed by atoms with Crippen molar-refractivity contribution in [3.8, 4) is 23.0 Å². The molecule has 0 saturated carbocycles. The van der Waals surface area contributed by atoms with E-state index in [-0.39, 0.29) is 11.3 Å². The van der Waals surface area contributed by atoms with E-state index in [1.165, 1.54) is 26.2 Å². The first-order chi connectivity index (χ1) is 19.3. The highest BCUT2D eigenvalue weighted by atomic mass is 16.5. The summed E-state index contributed by atoms with van der Waals surface area (Å²) in [5.41, 5.74) is 1.82. The zero-order chi connectivity index (χ0) is 29.4. The molecule has 1 N–H and O–H groups in total. The van der Waals surface area contributed by atoms with E-state index in [0.29, 0.717) is 53.8 Å². The van der Waals surface area contributed by atoms with Gasteiger partial charge in [-0.25, -0.2) is 0 Å². The van der Waals surface area contributed by atoms with E-state index in [0.717, 1.165) is 31.5 Å². The molecule has 0 aromatic heterocycles. The predicted molar refractivity (Wildman–Crippen MR) is 154 cm³/mol. The second-order valence-corrected chi connectivity index (χ2v) is 9.66. The number of amides is 1. The number of likely N-dealkylation sites (tertiary alicyclic amines) is 1. The van der Waals surface area contributed by atoms with E-state index in [1.54, 1.807) is 30.3 Å². The molecule has 40 heavy (non-hydrogen) atoms. The van der Waals surface area contributed by atoms with E-state index < -0.39 is 17.7 Å². The summed E-state index contributed by atoms with van der Waals surface area (Å²) in [7, 11) is 4.52. The average Bonchev–Trinajstić information content (AvgIpc) is 3.22. The van der Waals surface area contributed by atoms with Crippen LogP contribution in [0.4, 0.5) is 0 Å². The van der Waals surface area contributed by atoms with Crippen molar-refractivity contribution in [2.75, 3.05) is 54.1 Å².